The van der Waals surface area contributed by atoms with Gasteiger partial charge in [0, 0.05) is 17.6 Å². The standard InChI is InChI=1S/C22H22N2O3/c1-26-17-10-8-15(9-11-17)21-13-19(18-6-2-3-7-20(18)24-21)22(25)23-16-5-4-12-27-14-16/h2-3,6-11,13,16H,4-5,12,14H2,1H3,(H,23,25). The van der Waals surface area contributed by atoms with E-state index in [4.69, 9.17) is 14.5 Å². The lowest BCUT2D eigenvalue weighted by atomic mass is 10.0. The van der Waals surface area contributed by atoms with Crippen molar-refractivity contribution in [2.75, 3.05) is 20.3 Å². The number of pyridine rings is 1. The van der Waals surface area contributed by atoms with Gasteiger partial charge in [-0.2, -0.15) is 0 Å². The molecule has 0 spiro atoms. The van der Waals surface area contributed by atoms with E-state index in [1.165, 1.54) is 0 Å². The quantitative estimate of drug-likeness (QED) is 0.766. The number of fused-ring (bicyclic) bond motifs is 1. The first-order valence-corrected chi connectivity index (χ1v) is 9.17. The second kappa shape index (κ2) is 7.76. The van der Waals surface area contributed by atoms with Crippen molar-refractivity contribution in [3.8, 4) is 17.0 Å². The van der Waals surface area contributed by atoms with Crippen LogP contribution in [-0.4, -0.2) is 37.3 Å². The summed E-state index contributed by atoms with van der Waals surface area (Å²) in [6, 6.07) is 17.3. The van der Waals surface area contributed by atoms with Crippen LogP contribution in [0.4, 0.5) is 0 Å². The Morgan fingerprint density at radius 3 is 2.74 bits per heavy atom. The molecule has 0 bridgehead atoms. The zero-order valence-electron chi connectivity index (χ0n) is 15.3. The molecule has 1 unspecified atom stereocenters. The predicted octanol–water partition coefficient (Wildman–Crippen LogP) is 3.82. The van der Waals surface area contributed by atoms with Gasteiger partial charge in [-0.3, -0.25) is 4.79 Å². The minimum Gasteiger partial charge on any atom is -0.497 e. The molecule has 1 aromatic heterocycles. The fraction of sp³-hybridized carbons (Fsp3) is 0.273. The van der Waals surface area contributed by atoms with E-state index in [1.807, 2.05) is 54.6 Å². The van der Waals surface area contributed by atoms with Gasteiger partial charge in [0.15, 0.2) is 0 Å². The third kappa shape index (κ3) is 3.78. The van der Waals surface area contributed by atoms with Crippen LogP contribution >= 0.6 is 0 Å². The van der Waals surface area contributed by atoms with Gasteiger partial charge in [-0.05, 0) is 49.2 Å². The molecule has 1 saturated heterocycles. The van der Waals surface area contributed by atoms with E-state index >= 15 is 0 Å². The summed E-state index contributed by atoms with van der Waals surface area (Å²) in [5, 5.41) is 3.96. The SMILES string of the molecule is COc1ccc(-c2cc(C(=O)NC3CCCOC3)c3ccccc3n2)cc1. The molecular formula is C22H22N2O3. The van der Waals surface area contributed by atoms with E-state index in [9.17, 15) is 4.79 Å². The molecule has 3 aromatic rings. The summed E-state index contributed by atoms with van der Waals surface area (Å²) in [4.78, 5) is 17.7. The summed E-state index contributed by atoms with van der Waals surface area (Å²) in [6.45, 7) is 1.34. The maximum Gasteiger partial charge on any atom is 0.252 e. The van der Waals surface area contributed by atoms with Crippen LogP contribution in [-0.2, 0) is 4.74 Å². The van der Waals surface area contributed by atoms with Crippen LogP contribution in [0.25, 0.3) is 22.2 Å². The predicted molar refractivity (Wildman–Crippen MR) is 105 cm³/mol. The molecular weight excluding hydrogens is 340 g/mol. The van der Waals surface area contributed by atoms with Crippen LogP contribution in [0.3, 0.4) is 0 Å². The van der Waals surface area contributed by atoms with Crippen molar-refractivity contribution in [2.45, 2.75) is 18.9 Å². The first-order chi connectivity index (χ1) is 13.2. The molecule has 5 heteroatoms. The van der Waals surface area contributed by atoms with E-state index in [0.717, 1.165) is 47.4 Å². The van der Waals surface area contributed by atoms with Gasteiger partial charge in [0.2, 0.25) is 0 Å². The number of ether oxygens (including phenoxy) is 2. The first kappa shape index (κ1) is 17.5. The first-order valence-electron chi connectivity index (χ1n) is 9.17. The molecule has 1 atom stereocenters. The number of benzene rings is 2. The van der Waals surface area contributed by atoms with Gasteiger partial charge in [0.1, 0.15) is 5.75 Å². The smallest absolute Gasteiger partial charge is 0.252 e. The van der Waals surface area contributed by atoms with E-state index < -0.39 is 0 Å². The van der Waals surface area contributed by atoms with Gasteiger partial charge in [-0.15, -0.1) is 0 Å². The molecule has 2 aromatic carbocycles. The Hall–Kier alpha value is -2.92. The number of methoxy groups -OCH3 is 1. The molecule has 27 heavy (non-hydrogen) atoms. The normalized spacial score (nSPS) is 16.9. The highest BCUT2D eigenvalue weighted by atomic mass is 16.5. The van der Waals surface area contributed by atoms with Crippen LogP contribution < -0.4 is 10.1 Å². The lowest BCUT2D eigenvalue weighted by Crippen LogP contribution is -2.40. The molecule has 0 radical (unpaired) electrons. The van der Waals surface area contributed by atoms with Gasteiger partial charge >= 0.3 is 0 Å². The van der Waals surface area contributed by atoms with Crippen molar-refractivity contribution in [2.24, 2.45) is 0 Å². The van der Waals surface area contributed by atoms with Crippen molar-refractivity contribution < 1.29 is 14.3 Å². The number of carbonyl (C=O) groups is 1. The topological polar surface area (TPSA) is 60.5 Å². The number of hydrogen-bond donors (Lipinski definition) is 1. The summed E-state index contributed by atoms with van der Waals surface area (Å²) >= 11 is 0. The number of carbonyl (C=O) groups excluding carboxylic acids is 1. The monoisotopic (exact) mass is 362 g/mol. The van der Waals surface area contributed by atoms with E-state index in [-0.39, 0.29) is 11.9 Å². The molecule has 0 saturated carbocycles. The van der Waals surface area contributed by atoms with Gasteiger partial charge in [0.05, 0.1) is 36.5 Å². The van der Waals surface area contributed by atoms with Crippen molar-refractivity contribution in [3.05, 3.63) is 60.2 Å². The molecule has 138 valence electrons. The average Bonchev–Trinajstić information content (AvgIpc) is 2.73. The molecule has 1 aliphatic rings. The fourth-order valence-electron chi connectivity index (χ4n) is 3.39. The summed E-state index contributed by atoms with van der Waals surface area (Å²) in [5.41, 5.74) is 3.14. The molecule has 1 N–H and O–H groups in total. The third-order valence-electron chi connectivity index (χ3n) is 4.84. The average molecular weight is 362 g/mol. The van der Waals surface area contributed by atoms with Crippen molar-refractivity contribution in [1.82, 2.24) is 10.3 Å². The molecule has 4 rings (SSSR count). The summed E-state index contributed by atoms with van der Waals surface area (Å²) in [7, 11) is 1.64. The van der Waals surface area contributed by atoms with Crippen LogP contribution in [0.15, 0.2) is 54.6 Å². The van der Waals surface area contributed by atoms with Crippen LogP contribution in [0.1, 0.15) is 23.2 Å². The van der Waals surface area contributed by atoms with E-state index in [2.05, 4.69) is 5.32 Å². The van der Waals surface area contributed by atoms with Crippen LogP contribution in [0.2, 0.25) is 0 Å². The Kier molecular flexibility index (Phi) is 5.03. The number of nitrogens with zero attached hydrogens (tertiary/aromatic N) is 1. The Morgan fingerprint density at radius 1 is 1.19 bits per heavy atom. The highest BCUT2D eigenvalue weighted by Gasteiger charge is 2.19. The van der Waals surface area contributed by atoms with Gasteiger partial charge < -0.3 is 14.8 Å². The molecule has 1 aliphatic heterocycles. The Balaban J connectivity index is 1.72. The van der Waals surface area contributed by atoms with Crippen molar-refractivity contribution in [1.29, 1.82) is 0 Å². The lowest BCUT2D eigenvalue weighted by Gasteiger charge is -2.23. The van der Waals surface area contributed by atoms with Crippen LogP contribution in [0, 0.1) is 0 Å². The van der Waals surface area contributed by atoms with Gasteiger partial charge in [0.25, 0.3) is 5.91 Å². The molecule has 1 amide bonds. The highest BCUT2D eigenvalue weighted by molar-refractivity contribution is 6.07. The lowest BCUT2D eigenvalue weighted by molar-refractivity contribution is 0.0625. The maximum absolute atomic E-state index is 13.0. The summed E-state index contributed by atoms with van der Waals surface area (Å²) in [5.74, 6) is 0.702. The fourth-order valence-corrected chi connectivity index (χ4v) is 3.39. The number of hydrogen-bond acceptors (Lipinski definition) is 4. The molecule has 1 fully saturated rings. The minimum atomic E-state index is -0.0844. The largest absolute Gasteiger partial charge is 0.497 e. The molecule has 5 nitrogen and oxygen atoms in total. The van der Waals surface area contributed by atoms with Crippen molar-refractivity contribution >= 4 is 16.8 Å². The number of rotatable bonds is 4. The molecule has 2 heterocycles. The second-order valence-electron chi connectivity index (χ2n) is 6.69. The zero-order valence-corrected chi connectivity index (χ0v) is 15.3. The third-order valence-corrected chi connectivity index (χ3v) is 4.84. The summed E-state index contributed by atoms with van der Waals surface area (Å²) < 4.78 is 10.7. The number of nitrogens with one attached hydrogen (secondary N) is 1. The van der Waals surface area contributed by atoms with E-state index in [1.54, 1.807) is 7.11 Å². The molecule has 0 aliphatic carbocycles. The number of aromatic nitrogens is 1. The number of para-hydroxylation sites is 1. The van der Waals surface area contributed by atoms with E-state index in [0.29, 0.717) is 12.2 Å². The minimum absolute atomic E-state index is 0.0580. The van der Waals surface area contributed by atoms with Crippen molar-refractivity contribution in [3.63, 3.8) is 0 Å². The second-order valence-corrected chi connectivity index (χ2v) is 6.69. The highest BCUT2D eigenvalue weighted by Crippen LogP contribution is 2.26. The van der Waals surface area contributed by atoms with Gasteiger partial charge in [-0.25, -0.2) is 4.98 Å². The van der Waals surface area contributed by atoms with Crippen LogP contribution in [0.5, 0.6) is 5.75 Å². The Bertz CT molecular complexity index is 947. The Morgan fingerprint density at radius 2 is 2.00 bits per heavy atom. The van der Waals surface area contributed by atoms with Gasteiger partial charge in [-0.1, -0.05) is 18.2 Å². The maximum atomic E-state index is 13.0. The Labute approximate surface area is 158 Å². The number of amides is 1. The zero-order chi connectivity index (χ0) is 18.6. The summed E-state index contributed by atoms with van der Waals surface area (Å²) in [6.07, 6.45) is 1.92.